The van der Waals surface area contributed by atoms with Gasteiger partial charge in [0.1, 0.15) is 16.5 Å². The third-order valence-corrected chi connectivity index (χ3v) is 6.18. The Bertz CT molecular complexity index is 1330. The average Bonchev–Trinajstić information content (AvgIpc) is 3.16. The fourth-order valence-corrected chi connectivity index (χ4v) is 4.52. The summed E-state index contributed by atoms with van der Waals surface area (Å²) >= 11 is 1.14. The van der Waals surface area contributed by atoms with Crippen LogP contribution in [0, 0.1) is 11.3 Å². The van der Waals surface area contributed by atoms with E-state index in [1.165, 1.54) is 4.57 Å². The maximum absolute atomic E-state index is 13.4. The maximum Gasteiger partial charge on any atom is 0.273 e. The highest BCUT2D eigenvalue weighted by molar-refractivity contribution is 7.07. The zero-order chi connectivity index (χ0) is 22.5. The third kappa shape index (κ3) is 4.35. The molecule has 2 aromatic carbocycles. The van der Waals surface area contributed by atoms with Gasteiger partial charge in [0, 0.05) is 13.1 Å². The van der Waals surface area contributed by atoms with Gasteiger partial charge < -0.3 is 14.4 Å². The summed E-state index contributed by atoms with van der Waals surface area (Å²) in [6.45, 7) is 1.68. The molecule has 1 fully saturated rings. The number of thiazole rings is 1. The topological polar surface area (TPSA) is 84.6 Å². The Balaban J connectivity index is 1.94. The van der Waals surface area contributed by atoms with Crippen molar-refractivity contribution >= 4 is 28.9 Å². The number of ether oxygens (including phenoxy) is 2. The lowest BCUT2D eigenvalue weighted by Crippen LogP contribution is -2.42. The van der Waals surface area contributed by atoms with E-state index in [-0.39, 0.29) is 11.1 Å². The van der Waals surface area contributed by atoms with Gasteiger partial charge in [-0.15, -0.1) is 11.3 Å². The Kier molecular flexibility index (Phi) is 6.50. The van der Waals surface area contributed by atoms with Crippen molar-refractivity contribution in [1.82, 2.24) is 9.47 Å². The summed E-state index contributed by atoms with van der Waals surface area (Å²) in [4.78, 5) is 28.1. The number of hydrogen-bond acceptors (Lipinski definition) is 6. The van der Waals surface area contributed by atoms with Crippen molar-refractivity contribution in [1.29, 1.82) is 5.26 Å². The number of carbonyl (C=O) groups excluding carboxylic acids is 1. The van der Waals surface area contributed by atoms with Crippen molar-refractivity contribution < 1.29 is 14.3 Å². The summed E-state index contributed by atoms with van der Waals surface area (Å²) in [6, 6.07) is 18.4. The van der Waals surface area contributed by atoms with Crippen LogP contribution in [0.5, 0.6) is 5.75 Å². The second-order valence-corrected chi connectivity index (χ2v) is 8.09. The molecule has 0 saturated carbocycles. The molecular formula is C24H21N3O4S. The van der Waals surface area contributed by atoms with E-state index in [4.69, 9.17) is 9.47 Å². The molecule has 0 radical (unpaired) electrons. The number of rotatable bonds is 4. The molecule has 1 aliphatic heterocycles. The first-order valence-corrected chi connectivity index (χ1v) is 10.9. The molecule has 32 heavy (non-hydrogen) atoms. The summed E-state index contributed by atoms with van der Waals surface area (Å²) in [5.41, 5.74) is 1.08. The third-order valence-electron chi connectivity index (χ3n) is 5.09. The first-order valence-electron chi connectivity index (χ1n) is 10.1. The number of para-hydroxylation sites is 1. The number of morpholine rings is 1. The Morgan fingerprint density at radius 1 is 1.12 bits per heavy atom. The molecule has 1 aromatic heterocycles. The van der Waals surface area contributed by atoms with Gasteiger partial charge in [0.05, 0.1) is 30.5 Å². The normalized spacial score (nSPS) is 15.2. The van der Waals surface area contributed by atoms with Crippen LogP contribution in [0.1, 0.15) is 5.56 Å². The highest BCUT2D eigenvalue weighted by Crippen LogP contribution is 2.12. The highest BCUT2D eigenvalue weighted by atomic mass is 32.1. The van der Waals surface area contributed by atoms with E-state index in [2.05, 4.69) is 0 Å². The van der Waals surface area contributed by atoms with E-state index in [1.54, 1.807) is 30.2 Å². The molecule has 3 aromatic rings. The molecule has 2 heterocycles. The SMILES string of the molecule is COc1ccc(/C=c2/s/c(=C(\C#N)C(=O)N3CCOCC3)n(-c3ccccc3)c2=O)cc1. The number of aromatic nitrogens is 1. The van der Waals surface area contributed by atoms with Gasteiger partial charge >= 0.3 is 0 Å². The smallest absolute Gasteiger partial charge is 0.273 e. The van der Waals surface area contributed by atoms with Gasteiger partial charge in [-0.25, -0.2) is 0 Å². The van der Waals surface area contributed by atoms with Crippen LogP contribution in [-0.2, 0) is 9.53 Å². The molecule has 8 heteroatoms. The van der Waals surface area contributed by atoms with Crippen molar-refractivity contribution in [3.05, 3.63) is 79.7 Å². The van der Waals surface area contributed by atoms with Crippen LogP contribution < -0.4 is 19.5 Å². The second-order valence-electron chi connectivity index (χ2n) is 7.06. The molecule has 1 aliphatic rings. The number of carbonyl (C=O) groups is 1. The van der Waals surface area contributed by atoms with Gasteiger partial charge in [0.15, 0.2) is 5.57 Å². The van der Waals surface area contributed by atoms with Crippen LogP contribution in [0.25, 0.3) is 17.3 Å². The fourth-order valence-electron chi connectivity index (χ4n) is 3.42. The molecule has 0 aliphatic carbocycles. The number of benzene rings is 2. The first-order chi connectivity index (χ1) is 15.6. The maximum atomic E-state index is 13.4. The van der Waals surface area contributed by atoms with Crippen LogP contribution in [0.3, 0.4) is 0 Å². The predicted octanol–water partition coefficient (Wildman–Crippen LogP) is 1.27. The molecular weight excluding hydrogens is 426 g/mol. The Hall–Kier alpha value is -3.67. The largest absolute Gasteiger partial charge is 0.497 e. The van der Waals surface area contributed by atoms with Crippen molar-refractivity contribution in [2.24, 2.45) is 0 Å². The van der Waals surface area contributed by atoms with Crippen LogP contribution in [0.4, 0.5) is 0 Å². The summed E-state index contributed by atoms with van der Waals surface area (Å²) in [6.07, 6.45) is 1.75. The average molecular weight is 448 g/mol. The van der Waals surface area contributed by atoms with Gasteiger partial charge in [0.25, 0.3) is 11.5 Å². The monoisotopic (exact) mass is 447 g/mol. The van der Waals surface area contributed by atoms with Crippen LogP contribution in [-0.4, -0.2) is 48.8 Å². The molecule has 162 valence electrons. The van der Waals surface area contributed by atoms with Gasteiger partial charge in [-0.1, -0.05) is 30.3 Å². The Morgan fingerprint density at radius 3 is 2.44 bits per heavy atom. The standard InChI is InChI=1S/C24H21N3O4S/c1-30-19-9-7-17(8-10-19)15-21-23(29)27(18-5-3-2-4-6-18)24(32-21)20(16-25)22(28)26-11-13-31-14-12-26/h2-10,15H,11-14H2,1H3/b21-15+,24-20+. The number of nitrogens with zero attached hydrogens (tertiary/aromatic N) is 3. The van der Waals surface area contributed by atoms with E-state index in [0.717, 1.165) is 16.9 Å². The molecule has 4 rings (SSSR count). The zero-order valence-electron chi connectivity index (χ0n) is 17.5. The van der Waals surface area contributed by atoms with E-state index >= 15 is 0 Å². The second kappa shape index (κ2) is 9.64. The van der Waals surface area contributed by atoms with E-state index in [1.807, 2.05) is 48.5 Å². The predicted molar refractivity (Wildman–Crippen MR) is 122 cm³/mol. The molecule has 0 bridgehead atoms. The van der Waals surface area contributed by atoms with Crippen LogP contribution >= 0.6 is 11.3 Å². The number of amides is 1. The molecule has 0 atom stereocenters. The van der Waals surface area contributed by atoms with E-state index in [9.17, 15) is 14.9 Å². The molecule has 0 N–H and O–H groups in total. The van der Waals surface area contributed by atoms with Gasteiger partial charge in [0.2, 0.25) is 0 Å². The minimum absolute atomic E-state index is 0.0489. The summed E-state index contributed by atoms with van der Waals surface area (Å²) in [7, 11) is 1.59. The summed E-state index contributed by atoms with van der Waals surface area (Å²) < 4.78 is 12.7. The van der Waals surface area contributed by atoms with E-state index < -0.39 is 5.91 Å². The molecule has 0 unspecified atom stereocenters. The number of methoxy groups -OCH3 is 1. The lowest BCUT2D eigenvalue weighted by molar-refractivity contribution is -0.128. The van der Waals surface area contributed by atoms with Gasteiger partial charge in [-0.2, -0.15) is 5.26 Å². The summed E-state index contributed by atoms with van der Waals surface area (Å²) in [5.74, 6) is 0.324. The van der Waals surface area contributed by atoms with Crippen molar-refractivity contribution in [3.63, 3.8) is 0 Å². The van der Waals surface area contributed by atoms with E-state index in [0.29, 0.717) is 46.9 Å². The van der Waals surface area contributed by atoms with Crippen molar-refractivity contribution in [3.8, 4) is 17.5 Å². The minimum atomic E-state index is -0.391. The number of nitriles is 1. The van der Waals surface area contributed by atoms with Crippen molar-refractivity contribution in [2.45, 2.75) is 0 Å². The zero-order valence-corrected chi connectivity index (χ0v) is 18.3. The highest BCUT2D eigenvalue weighted by Gasteiger charge is 2.23. The quantitative estimate of drug-likeness (QED) is 0.602. The van der Waals surface area contributed by atoms with Gasteiger partial charge in [-0.05, 0) is 35.9 Å². The van der Waals surface area contributed by atoms with Gasteiger partial charge in [-0.3, -0.25) is 14.2 Å². The molecule has 7 nitrogen and oxygen atoms in total. The minimum Gasteiger partial charge on any atom is -0.497 e. The first kappa shape index (κ1) is 21.6. The Labute approximate surface area is 188 Å². The molecule has 0 spiro atoms. The fraction of sp³-hybridized carbons (Fsp3) is 0.208. The number of hydrogen-bond donors (Lipinski definition) is 0. The van der Waals surface area contributed by atoms with Crippen LogP contribution in [0.15, 0.2) is 59.4 Å². The Morgan fingerprint density at radius 2 is 1.81 bits per heavy atom. The summed E-state index contributed by atoms with van der Waals surface area (Å²) in [5, 5.41) is 9.90. The van der Waals surface area contributed by atoms with Crippen molar-refractivity contribution in [2.75, 3.05) is 33.4 Å². The molecule has 1 amide bonds. The van der Waals surface area contributed by atoms with Crippen LogP contribution in [0.2, 0.25) is 0 Å². The lowest BCUT2D eigenvalue weighted by atomic mass is 10.2. The molecule has 1 saturated heterocycles. The lowest BCUT2D eigenvalue weighted by Gasteiger charge is -2.26.